The molecule has 110 valence electrons. The van der Waals surface area contributed by atoms with E-state index in [2.05, 4.69) is 5.32 Å². The van der Waals surface area contributed by atoms with Crippen LogP contribution in [0.15, 0.2) is 36.4 Å². The molecule has 0 atom stereocenters. The molecule has 0 spiro atoms. The molecule has 0 aliphatic carbocycles. The summed E-state index contributed by atoms with van der Waals surface area (Å²) in [5.74, 6) is -2.05. The first-order valence-corrected chi connectivity index (χ1v) is 6.68. The summed E-state index contributed by atoms with van der Waals surface area (Å²) < 4.78 is 37.0. The van der Waals surface area contributed by atoms with Gasteiger partial charge in [-0.1, -0.05) is 12.1 Å². The number of hydrogen-bond acceptors (Lipinski definition) is 3. The number of hydrogen-bond donors (Lipinski definition) is 1. The first kappa shape index (κ1) is 15.2. The number of amides is 1. The second-order valence-corrected chi connectivity index (χ2v) is 5.33. The Labute approximate surface area is 122 Å². The highest BCUT2D eigenvalue weighted by atomic mass is 32.1. The third-order valence-electron chi connectivity index (χ3n) is 2.58. The van der Waals surface area contributed by atoms with E-state index >= 15 is 0 Å². The van der Waals surface area contributed by atoms with Crippen LogP contribution in [0.3, 0.4) is 0 Å². The van der Waals surface area contributed by atoms with E-state index in [0.29, 0.717) is 16.1 Å². The zero-order chi connectivity index (χ0) is 15.6. The highest BCUT2D eigenvalue weighted by Gasteiger charge is 2.40. The molecule has 1 amide bonds. The number of alkyl halides is 3. The monoisotopic (exact) mass is 313 g/mol. The molecule has 1 N–H and O–H groups in total. The summed E-state index contributed by atoms with van der Waals surface area (Å²) >= 11 is 0.784. The van der Waals surface area contributed by atoms with Gasteiger partial charge in [-0.2, -0.15) is 13.2 Å². The number of ketones is 1. The summed E-state index contributed by atoms with van der Waals surface area (Å²) in [6.07, 6.45) is -4.86. The van der Waals surface area contributed by atoms with Crippen molar-refractivity contribution in [3.05, 3.63) is 41.3 Å². The summed E-state index contributed by atoms with van der Waals surface area (Å²) in [5, 5.41) is 2.59. The van der Waals surface area contributed by atoms with E-state index in [1.165, 1.54) is 13.0 Å². The van der Waals surface area contributed by atoms with Crippen LogP contribution in [0.4, 0.5) is 18.9 Å². The van der Waals surface area contributed by atoms with Crippen LogP contribution in [0.25, 0.3) is 10.4 Å². The van der Waals surface area contributed by atoms with Gasteiger partial charge in [0, 0.05) is 17.5 Å². The smallest absolute Gasteiger partial charge is 0.326 e. The molecule has 1 aromatic heterocycles. The quantitative estimate of drug-likeness (QED) is 0.867. The van der Waals surface area contributed by atoms with Gasteiger partial charge in [0.15, 0.2) is 0 Å². The minimum Gasteiger partial charge on any atom is -0.326 e. The summed E-state index contributed by atoms with van der Waals surface area (Å²) in [7, 11) is 0. The topological polar surface area (TPSA) is 46.2 Å². The Hall–Kier alpha value is -2.15. The Kier molecular flexibility index (Phi) is 4.13. The molecule has 1 aromatic carbocycles. The molecule has 0 saturated heterocycles. The predicted molar refractivity (Wildman–Crippen MR) is 74.4 cm³/mol. The van der Waals surface area contributed by atoms with Gasteiger partial charge in [0.25, 0.3) is 5.78 Å². The number of nitrogens with one attached hydrogen (secondary N) is 1. The van der Waals surface area contributed by atoms with Crippen molar-refractivity contribution in [3.63, 3.8) is 0 Å². The van der Waals surface area contributed by atoms with Crippen LogP contribution in [0.5, 0.6) is 0 Å². The minimum atomic E-state index is -4.86. The molecule has 2 aromatic rings. The SMILES string of the molecule is CC(=O)Nc1ccc(-c2ccc(C(=O)C(F)(F)F)s2)cc1. The number of halogens is 3. The van der Waals surface area contributed by atoms with Crippen molar-refractivity contribution < 1.29 is 22.8 Å². The van der Waals surface area contributed by atoms with Crippen molar-refractivity contribution in [3.8, 4) is 10.4 Å². The summed E-state index contributed by atoms with van der Waals surface area (Å²) in [4.78, 5) is 22.2. The van der Waals surface area contributed by atoms with Gasteiger partial charge in [0.1, 0.15) is 0 Å². The van der Waals surface area contributed by atoms with Gasteiger partial charge in [-0.25, -0.2) is 0 Å². The van der Waals surface area contributed by atoms with Crippen LogP contribution in [0.2, 0.25) is 0 Å². The molecule has 1 heterocycles. The number of anilines is 1. The van der Waals surface area contributed by atoms with Gasteiger partial charge < -0.3 is 5.32 Å². The summed E-state index contributed by atoms with van der Waals surface area (Å²) in [6.45, 7) is 1.38. The molecule has 0 fully saturated rings. The van der Waals surface area contributed by atoms with Gasteiger partial charge in [-0.3, -0.25) is 9.59 Å². The van der Waals surface area contributed by atoms with Crippen molar-refractivity contribution in [2.45, 2.75) is 13.1 Å². The molecule has 0 saturated carbocycles. The van der Waals surface area contributed by atoms with Crippen LogP contribution in [-0.4, -0.2) is 17.9 Å². The molecular formula is C14H10F3NO2S. The molecule has 21 heavy (non-hydrogen) atoms. The second kappa shape index (κ2) is 5.69. The Morgan fingerprint density at radius 2 is 1.67 bits per heavy atom. The largest absolute Gasteiger partial charge is 0.455 e. The van der Waals surface area contributed by atoms with E-state index in [1.807, 2.05) is 0 Å². The van der Waals surface area contributed by atoms with Crippen molar-refractivity contribution >= 4 is 28.7 Å². The second-order valence-electron chi connectivity index (χ2n) is 4.25. The number of carbonyl (C=O) groups is 2. The highest BCUT2D eigenvalue weighted by molar-refractivity contribution is 7.17. The standard InChI is InChI=1S/C14H10F3NO2S/c1-8(19)18-10-4-2-9(3-5-10)11-6-7-12(21-11)13(20)14(15,16)17/h2-7H,1H3,(H,18,19). The van der Waals surface area contributed by atoms with Gasteiger partial charge in [-0.15, -0.1) is 11.3 Å². The van der Waals surface area contributed by atoms with Gasteiger partial charge in [0.05, 0.1) is 4.88 Å². The summed E-state index contributed by atoms with van der Waals surface area (Å²) in [6, 6.07) is 9.25. The fraction of sp³-hybridized carbons (Fsp3) is 0.143. The first-order valence-electron chi connectivity index (χ1n) is 5.87. The lowest BCUT2D eigenvalue weighted by Crippen LogP contribution is -2.21. The van der Waals surface area contributed by atoms with Crippen LogP contribution in [-0.2, 0) is 4.79 Å². The Morgan fingerprint density at radius 3 is 2.19 bits per heavy atom. The van der Waals surface area contributed by atoms with Crippen molar-refractivity contribution in [1.29, 1.82) is 0 Å². The number of rotatable bonds is 3. The molecule has 2 rings (SSSR count). The fourth-order valence-corrected chi connectivity index (χ4v) is 2.65. The van der Waals surface area contributed by atoms with E-state index in [1.54, 1.807) is 24.3 Å². The zero-order valence-corrected chi connectivity index (χ0v) is 11.6. The predicted octanol–water partition coefficient (Wildman–Crippen LogP) is 4.12. The van der Waals surface area contributed by atoms with Crippen molar-refractivity contribution in [2.24, 2.45) is 0 Å². The lowest BCUT2D eigenvalue weighted by Gasteiger charge is -2.03. The number of carbonyl (C=O) groups excluding carboxylic acids is 2. The molecule has 0 aliphatic heterocycles. The lowest BCUT2D eigenvalue weighted by atomic mass is 10.1. The average Bonchev–Trinajstić information content (AvgIpc) is 2.86. The van der Waals surface area contributed by atoms with Gasteiger partial charge in [-0.05, 0) is 29.8 Å². The average molecular weight is 313 g/mol. The van der Waals surface area contributed by atoms with Crippen molar-refractivity contribution in [1.82, 2.24) is 0 Å². The Balaban J connectivity index is 2.22. The van der Waals surface area contributed by atoms with Gasteiger partial charge >= 0.3 is 6.18 Å². The molecule has 7 heteroatoms. The van der Waals surface area contributed by atoms with Crippen LogP contribution >= 0.6 is 11.3 Å². The van der Waals surface area contributed by atoms with Crippen LogP contribution in [0.1, 0.15) is 16.6 Å². The van der Waals surface area contributed by atoms with E-state index < -0.39 is 12.0 Å². The number of benzene rings is 1. The molecule has 3 nitrogen and oxygen atoms in total. The zero-order valence-electron chi connectivity index (χ0n) is 10.8. The Bertz CT molecular complexity index is 674. The van der Waals surface area contributed by atoms with Crippen LogP contribution in [0, 0.1) is 0 Å². The van der Waals surface area contributed by atoms with Gasteiger partial charge in [0.2, 0.25) is 5.91 Å². The number of thiophene rings is 1. The lowest BCUT2D eigenvalue weighted by molar-refractivity contribution is -0.114. The number of Topliss-reactive ketones (excluding diaryl/α,β-unsaturated/α-hetero) is 1. The maximum atomic E-state index is 12.3. The van der Waals surface area contributed by atoms with Crippen molar-refractivity contribution in [2.75, 3.05) is 5.32 Å². The molecule has 0 unspecified atom stereocenters. The molecular weight excluding hydrogens is 303 g/mol. The van der Waals surface area contributed by atoms with Crippen LogP contribution < -0.4 is 5.32 Å². The Morgan fingerprint density at radius 1 is 1.05 bits per heavy atom. The molecule has 0 aliphatic rings. The van der Waals surface area contributed by atoms with E-state index in [0.717, 1.165) is 17.4 Å². The van der Waals surface area contributed by atoms with E-state index in [4.69, 9.17) is 0 Å². The third-order valence-corrected chi connectivity index (χ3v) is 3.71. The third kappa shape index (κ3) is 3.69. The highest BCUT2D eigenvalue weighted by Crippen LogP contribution is 2.32. The molecule has 0 radical (unpaired) electrons. The maximum Gasteiger partial charge on any atom is 0.455 e. The fourth-order valence-electron chi connectivity index (χ4n) is 1.68. The summed E-state index contributed by atoms with van der Waals surface area (Å²) in [5.41, 5.74) is 1.27. The van der Waals surface area contributed by atoms with E-state index in [-0.39, 0.29) is 10.8 Å². The maximum absolute atomic E-state index is 12.3. The minimum absolute atomic E-state index is 0.211. The normalized spacial score (nSPS) is 11.2. The first-order chi connectivity index (χ1) is 9.77. The van der Waals surface area contributed by atoms with E-state index in [9.17, 15) is 22.8 Å². The molecule has 0 bridgehead atoms.